The Morgan fingerprint density at radius 1 is 1.00 bits per heavy atom. The molecule has 0 bridgehead atoms. The molecule has 0 aromatic carbocycles. The summed E-state index contributed by atoms with van der Waals surface area (Å²) < 4.78 is 6.40. The number of fused-ring (bicyclic) bond motifs is 1. The van der Waals surface area contributed by atoms with Crippen LogP contribution in [0.2, 0.25) is 0 Å². The van der Waals surface area contributed by atoms with Gasteiger partial charge in [-0.05, 0) is 74.5 Å². The lowest BCUT2D eigenvalue weighted by atomic mass is 9.74. The van der Waals surface area contributed by atoms with Gasteiger partial charge in [0.1, 0.15) is 0 Å². The molecule has 1 unspecified atom stereocenters. The molecule has 0 fully saturated rings. The third kappa shape index (κ3) is 3.47. The highest BCUT2D eigenvalue weighted by atomic mass is 16.5. The molecule has 2 rings (SSSR count). The largest absolute Gasteiger partial charge is 0.371 e. The molecular weight excluding hydrogens is 282 g/mol. The predicted octanol–water partition coefficient (Wildman–Crippen LogP) is 6.07. The van der Waals surface area contributed by atoms with Crippen molar-refractivity contribution in [1.82, 2.24) is 4.98 Å². The van der Waals surface area contributed by atoms with E-state index in [0.717, 1.165) is 5.69 Å². The summed E-state index contributed by atoms with van der Waals surface area (Å²) in [7, 11) is 0. The topological polar surface area (TPSA) is 22.1 Å². The lowest BCUT2D eigenvalue weighted by molar-refractivity contribution is -0.0313. The van der Waals surface area contributed by atoms with Crippen molar-refractivity contribution >= 4 is 0 Å². The SMILES string of the molecule is Cc1nc(C(C)C)c2c(c1C)[C@@H](C)O[C@@H](C)[C@@H](C)CC2C(C)C. The monoisotopic (exact) mass is 317 g/mol. The van der Waals surface area contributed by atoms with Gasteiger partial charge in [-0.15, -0.1) is 0 Å². The molecule has 2 heteroatoms. The van der Waals surface area contributed by atoms with Crippen LogP contribution in [0.25, 0.3) is 0 Å². The van der Waals surface area contributed by atoms with Gasteiger partial charge in [0.15, 0.2) is 0 Å². The molecule has 1 aromatic heterocycles. The first-order valence-electron chi connectivity index (χ1n) is 9.31. The van der Waals surface area contributed by atoms with E-state index in [1.54, 1.807) is 0 Å². The average molecular weight is 318 g/mol. The molecule has 0 amide bonds. The molecule has 23 heavy (non-hydrogen) atoms. The van der Waals surface area contributed by atoms with Gasteiger partial charge in [0.25, 0.3) is 0 Å². The van der Waals surface area contributed by atoms with E-state index in [9.17, 15) is 0 Å². The number of nitrogens with zero attached hydrogens (tertiary/aromatic N) is 1. The molecule has 1 aliphatic rings. The van der Waals surface area contributed by atoms with Crippen molar-refractivity contribution < 1.29 is 4.74 Å². The molecule has 0 aliphatic carbocycles. The van der Waals surface area contributed by atoms with Gasteiger partial charge >= 0.3 is 0 Å². The summed E-state index contributed by atoms with van der Waals surface area (Å²) in [6, 6.07) is 0. The molecule has 0 saturated carbocycles. The second-order valence-electron chi connectivity index (χ2n) is 8.24. The quantitative estimate of drug-likeness (QED) is 0.660. The van der Waals surface area contributed by atoms with Gasteiger partial charge in [-0.1, -0.05) is 34.6 Å². The second-order valence-corrected chi connectivity index (χ2v) is 8.24. The van der Waals surface area contributed by atoms with Gasteiger partial charge in [-0.25, -0.2) is 0 Å². The molecule has 4 atom stereocenters. The first-order valence-corrected chi connectivity index (χ1v) is 9.31. The summed E-state index contributed by atoms with van der Waals surface area (Å²) in [5, 5.41) is 0. The van der Waals surface area contributed by atoms with Crippen LogP contribution in [0.15, 0.2) is 0 Å². The number of ether oxygens (including phenoxy) is 1. The minimum Gasteiger partial charge on any atom is -0.371 e. The molecule has 0 N–H and O–H groups in total. The molecule has 0 saturated heterocycles. The summed E-state index contributed by atoms with van der Waals surface area (Å²) in [5.74, 6) is 2.20. The standard InChI is InChI=1S/C21H35NO/c1-11(2)18-10-13(5)16(8)23-17(9)19-14(6)15(7)22-21(12(3)4)20(18)19/h11-13,16-18H,10H2,1-9H3/t13-,16-,17+,18?/m0/s1. The van der Waals surface area contributed by atoms with Crippen LogP contribution < -0.4 is 0 Å². The Morgan fingerprint density at radius 2 is 1.61 bits per heavy atom. The number of aromatic nitrogens is 1. The maximum Gasteiger partial charge on any atom is 0.0807 e. The van der Waals surface area contributed by atoms with Gasteiger partial charge < -0.3 is 4.74 Å². The molecule has 130 valence electrons. The van der Waals surface area contributed by atoms with Gasteiger partial charge in [-0.2, -0.15) is 0 Å². The van der Waals surface area contributed by atoms with Crippen LogP contribution in [-0.4, -0.2) is 11.1 Å². The van der Waals surface area contributed by atoms with Crippen LogP contribution in [0.5, 0.6) is 0 Å². The third-order valence-electron chi connectivity index (χ3n) is 5.78. The lowest BCUT2D eigenvalue weighted by Gasteiger charge is -2.38. The Labute approximate surface area is 143 Å². The third-order valence-corrected chi connectivity index (χ3v) is 5.78. The zero-order valence-corrected chi connectivity index (χ0v) is 16.5. The van der Waals surface area contributed by atoms with Crippen molar-refractivity contribution in [2.45, 2.75) is 92.8 Å². The summed E-state index contributed by atoms with van der Waals surface area (Å²) in [4.78, 5) is 5.01. The molecule has 1 aromatic rings. The van der Waals surface area contributed by atoms with Crippen molar-refractivity contribution in [3.63, 3.8) is 0 Å². The van der Waals surface area contributed by atoms with E-state index in [-0.39, 0.29) is 6.10 Å². The number of hydrogen-bond donors (Lipinski definition) is 0. The van der Waals surface area contributed by atoms with E-state index in [1.165, 1.54) is 28.8 Å². The van der Waals surface area contributed by atoms with Crippen LogP contribution in [-0.2, 0) is 4.74 Å². The smallest absolute Gasteiger partial charge is 0.0807 e. The van der Waals surface area contributed by atoms with E-state index in [4.69, 9.17) is 9.72 Å². The zero-order valence-electron chi connectivity index (χ0n) is 16.5. The van der Waals surface area contributed by atoms with Gasteiger partial charge in [0.05, 0.1) is 12.2 Å². The number of aryl methyl sites for hydroxylation is 1. The number of hydrogen-bond acceptors (Lipinski definition) is 2. The molecular formula is C21H35NO. The normalized spacial score (nSPS) is 28.7. The highest BCUT2D eigenvalue weighted by Gasteiger charge is 2.34. The van der Waals surface area contributed by atoms with Crippen molar-refractivity contribution in [3.8, 4) is 0 Å². The van der Waals surface area contributed by atoms with Crippen molar-refractivity contribution in [2.75, 3.05) is 0 Å². The zero-order chi connectivity index (χ0) is 17.5. The molecule has 0 spiro atoms. The Morgan fingerprint density at radius 3 is 2.13 bits per heavy atom. The fraction of sp³-hybridized carbons (Fsp3) is 0.762. The van der Waals surface area contributed by atoms with E-state index in [0.29, 0.717) is 29.8 Å². The molecule has 0 radical (unpaired) electrons. The Hall–Kier alpha value is -0.890. The predicted molar refractivity (Wildman–Crippen MR) is 98.1 cm³/mol. The number of pyridine rings is 1. The summed E-state index contributed by atoms with van der Waals surface area (Å²) in [6.45, 7) is 20.4. The second kappa shape index (κ2) is 6.93. The average Bonchev–Trinajstić information content (AvgIpc) is 2.44. The fourth-order valence-electron chi connectivity index (χ4n) is 4.05. The van der Waals surface area contributed by atoms with Crippen LogP contribution in [0.3, 0.4) is 0 Å². The minimum atomic E-state index is 0.142. The molecule has 1 aliphatic heterocycles. The van der Waals surface area contributed by atoms with Gasteiger partial charge in [0, 0.05) is 11.4 Å². The number of rotatable bonds is 2. The Balaban J connectivity index is 2.77. The lowest BCUT2D eigenvalue weighted by Crippen LogP contribution is -2.29. The highest BCUT2D eigenvalue weighted by Crippen LogP contribution is 2.44. The van der Waals surface area contributed by atoms with Crippen LogP contribution in [0.1, 0.15) is 101 Å². The van der Waals surface area contributed by atoms with E-state index < -0.39 is 0 Å². The van der Waals surface area contributed by atoms with Gasteiger partial charge in [0.2, 0.25) is 0 Å². The van der Waals surface area contributed by atoms with E-state index in [1.807, 2.05) is 0 Å². The highest BCUT2D eigenvalue weighted by molar-refractivity contribution is 5.45. The summed E-state index contributed by atoms with van der Waals surface area (Å²) >= 11 is 0. The maximum absolute atomic E-state index is 6.40. The van der Waals surface area contributed by atoms with Crippen LogP contribution in [0.4, 0.5) is 0 Å². The molecule has 2 heterocycles. The summed E-state index contributed by atoms with van der Waals surface area (Å²) in [6.07, 6.45) is 1.63. The van der Waals surface area contributed by atoms with Crippen LogP contribution >= 0.6 is 0 Å². The first kappa shape index (κ1) is 18.4. The Bertz CT molecular complexity index is 561. The summed E-state index contributed by atoms with van der Waals surface area (Å²) in [5.41, 5.74) is 6.68. The van der Waals surface area contributed by atoms with E-state index in [2.05, 4.69) is 62.3 Å². The van der Waals surface area contributed by atoms with Crippen molar-refractivity contribution in [2.24, 2.45) is 11.8 Å². The van der Waals surface area contributed by atoms with Crippen molar-refractivity contribution in [3.05, 3.63) is 28.1 Å². The minimum absolute atomic E-state index is 0.142. The van der Waals surface area contributed by atoms with Gasteiger partial charge in [-0.3, -0.25) is 4.98 Å². The van der Waals surface area contributed by atoms with Crippen molar-refractivity contribution in [1.29, 1.82) is 0 Å². The first-order chi connectivity index (χ1) is 10.6. The van der Waals surface area contributed by atoms with E-state index >= 15 is 0 Å². The van der Waals surface area contributed by atoms with Crippen LogP contribution in [0, 0.1) is 25.7 Å². The fourth-order valence-corrected chi connectivity index (χ4v) is 4.05. The Kier molecular flexibility index (Phi) is 5.56. The molecule has 2 nitrogen and oxygen atoms in total. The maximum atomic E-state index is 6.40.